The molecule has 2 aromatic rings. The highest BCUT2D eigenvalue weighted by atomic mass is 16.3. The van der Waals surface area contributed by atoms with E-state index in [0.29, 0.717) is 5.92 Å². The Bertz CT molecular complexity index is 625. The van der Waals surface area contributed by atoms with E-state index in [2.05, 4.69) is 63.2 Å². The van der Waals surface area contributed by atoms with Gasteiger partial charge in [-0.3, -0.25) is 0 Å². The van der Waals surface area contributed by atoms with Crippen LogP contribution in [0.1, 0.15) is 54.0 Å². The third-order valence-electron chi connectivity index (χ3n) is 4.52. The van der Waals surface area contributed by atoms with Crippen molar-refractivity contribution in [3.8, 4) is 0 Å². The lowest BCUT2D eigenvalue weighted by Crippen LogP contribution is -2.23. The van der Waals surface area contributed by atoms with E-state index in [9.17, 15) is 5.11 Å². The summed E-state index contributed by atoms with van der Waals surface area (Å²) in [6, 6.07) is 14.9. The Morgan fingerprint density at radius 2 is 1.75 bits per heavy atom. The number of aryl methyl sites for hydroxylation is 2. The van der Waals surface area contributed by atoms with Gasteiger partial charge in [0.2, 0.25) is 0 Å². The molecule has 0 radical (unpaired) electrons. The van der Waals surface area contributed by atoms with Crippen LogP contribution >= 0.6 is 0 Å². The van der Waals surface area contributed by atoms with Gasteiger partial charge in [-0.05, 0) is 47.9 Å². The Hall–Kier alpha value is -1.60. The van der Waals surface area contributed by atoms with Gasteiger partial charge >= 0.3 is 0 Å². The summed E-state index contributed by atoms with van der Waals surface area (Å²) in [5.74, 6) is 0.525. The Morgan fingerprint density at radius 3 is 2.40 bits per heavy atom. The predicted octanol–water partition coefficient (Wildman–Crippen LogP) is 4.30. The minimum atomic E-state index is -0.809. The molecule has 1 nitrogen and oxygen atoms in total. The molecule has 1 aliphatic carbocycles. The highest BCUT2D eigenvalue weighted by Gasteiger charge is 2.38. The standard InChI is InChI=1S/C19H22O/c1-13(2)15-6-8-17(9-7-15)19(20)11-10-16-5-4-14(3)12-18(16)19/h4-9,12-13,20H,10-11H2,1-3H3. The lowest BCUT2D eigenvalue weighted by molar-refractivity contribution is 0.0829. The molecular weight excluding hydrogens is 244 g/mol. The highest BCUT2D eigenvalue weighted by Crippen LogP contribution is 2.42. The van der Waals surface area contributed by atoms with Gasteiger partial charge in [0.25, 0.3) is 0 Å². The van der Waals surface area contributed by atoms with Crippen LogP contribution < -0.4 is 0 Å². The third kappa shape index (κ3) is 2.06. The van der Waals surface area contributed by atoms with Crippen LogP contribution in [0.25, 0.3) is 0 Å². The second-order valence-corrected chi connectivity index (χ2v) is 6.30. The fraction of sp³-hybridized carbons (Fsp3) is 0.368. The molecule has 0 spiro atoms. The summed E-state index contributed by atoms with van der Waals surface area (Å²) >= 11 is 0. The van der Waals surface area contributed by atoms with Crippen molar-refractivity contribution in [3.05, 3.63) is 70.3 Å². The number of hydrogen-bond donors (Lipinski definition) is 1. The summed E-state index contributed by atoms with van der Waals surface area (Å²) in [7, 11) is 0. The molecule has 0 aliphatic heterocycles. The van der Waals surface area contributed by atoms with Gasteiger partial charge < -0.3 is 5.11 Å². The first-order valence-electron chi connectivity index (χ1n) is 7.43. The van der Waals surface area contributed by atoms with E-state index in [1.165, 1.54) is 16.7 Å². The average molecular weight is 266 g/mol. The first-order chi connectivity index (χ1) is 9.50. The normalized spacial score (nSPS) is 21.2. The monoisotopic (exact) mass is 266 g/mol. The number of benzene rings is 2. The molecule has 1 aliphatic rings. The molecule has 2 aromatic carbocycles. The van der Waals surface area contributed by atoms with Gasteiger partial charge in [-0.1, -0.05) is 61.9 Å². The van der Waals surface area contributed by atoms with Crippen LogP contribution in [0.4, 0.5) is 0 Å². The van der Waals surface area contributed by atoms with Crippen molar-refractivity contribution < 1.29 is 5.11 Å². The first kappa shape index (κ1) is 13.4. The van der Waals surface area contributed by atoms with Crippen LogP contribution in [0, 0.1) is 6.92 Å². The van der Waals surface area contributed by atoms with Gasteiger partial charge in [0, 0.05) is 0 Å². The van der Waals surface area contributed by atoms with Crippen LogP contribution in [0.15, 0.2) is 42.5 Å². The van der Waals surface area contributed by atoms with Crippen LogP contribution in [-0.4, -0.2) is 5.11 Å². The molecular formula is C19H22O. The molecule has 1 atom stereocenters. The maximum Gasteiger partial charge on any atom is 0.115 e. The third-order valence-corrected chi connectivity index (χ3v) is 4.52. The highest BCUT2D eigenvalue weighted by molar-refractivity contribution is 5.47. The number of aliphatic hydroxyl groups is 1. The minimum absolute atomic E-state index is 0.525. The Morgan fingerprint density at radius 1 is 1.05 bits per heavy atom. The molecule has 0 bridgehead atoms. The first-order valence-corrected chi connectivity index (χ1v) is 7.43. The average Bonchev–Trinajstić information content (AvgIpc) is 2.77. The molecule has 0 saturated carbocycles. The number of rotatable bonds is 2. The van der Waals surface area contributed by atoms with E-state index in [-0.39, 0.29) is 0 Å². The Kier molecular flexibility index (Phi) is 3.18. The number of hydrogen-bond acceptors (Lipinski definition) is 1. The molecule has 0 fully saturated rings. The molecule has 3 rings (SSSR count). The fourth-order valence-electron chi connectivity index (χ4n) is 3.19. The quantitative estimate of drug-likeness (QED) is 0.859. The smallest absolute Gasteiger partial charge is 0.115 e. The number of fused-ring (bicyclic) bond motifs is 1. The van der Waals surface area contributed by atoms with E-state index >= 15 is 0 Å². The largest absolute Gasteiger partial charge is 0.380 e. The van der Waals surface area contributed by atoms with E-state index < -0.39 is 5.60 Å². The van der Waals surface area contributed by atoms with Crippen molar-refractivity contribution in [1.82, 2.24) is 0 Å². The second-order valence-electron chi connectivity index (χ2n) is 6.30. The van der Waals surface area contributed by atoms with Gasteiger partial charge in [0.15, 0.2) is 0 Å². The summed E-state index contributed by atoms with van der Waals surface area (Å²) in [5, 5.41) is 11.2. The SMILES string of the molecule is Cc1ccc2c(c1)C(O)(c1ccc(C(C)C)cc1)CC2. The molecule has 0 amide bonds. The van der Waals surface area contributed by atoms with E-state index in [4.69, 9.17) is 0 Å². The molecule has 1 N–H and O–H groups in total. The topological polar surface area (TPSA) is 20.2 Å². The van der Waals surface area contributed by atoms with Crippen LogP contribution in [-0.2, 0) is 12.0 Å². The zero-order valence-corrected chi connectivity index (χ0v) is 12.5. The molecule has 104 valence electrons. The van der Waals surface area contributed by atoms with E-state index in [1.807, 2.05) is 0 Å². The van der Waals surface area contributed by atoms with Crippen molar-refractivity contribution in [1.29, 1.82) is 0 Å². The van der Waals surface area contributed by atoms with E-state index in [1.54, 1.807) is 0 Å². The van der Waals surface area contributed by atoms with E-state index in [0.717, 1.165) is 24.0 Å². The molecule has 0 saturated heterocycles. The molecule has 20 heavy (non-hydrogen) atoms. The predicted molar refractivity (Wildman–Crippen MR) is 83.0 cm³/mol. The van der Waals surface area contributed by atoms with Gasteiger partial charge in [0.05, 0.1) is 0 Å². The summed E-state index contributed by atoms with van der Waals surface area (Å²) in [6.07, 6.45) is 1.74. The van der Waals surface area contributed by atoms with Gasteiger partial charge in [0.1, 0.15) is 5.60 Å². The van der Waals surface area contributed by atoms with Crippen molar-refractivity contribution in [2.24, 2.45) is 0 Å². The maximum atomic E-state index is 11.2. The van der Waals surface area contributed by atoms with Gasteiger partial charge in [-0.15, -0.1) is 0 Å². The van der Waals surface area contributed by atoms with Crippen molar-refractivity contribution in [2.45, 2.75) is 45.1 Å². The second kappa shape index (κ2) is 4.75. The van der Waals surface area contributed by atoms with Crippen molar-refractivity contribution in [3.63, 3.8) is 0 Å². The van der Waals surface area contributed by atoms with Crippen LogP contribution in [0.3, 0.4) is 0 Å². The maximum absolute atomic E-state index is 11.2. The molecule has 0 aromatic heterocycles. The van der Waals surface area contributed by atoms with Crippen molar-refractivity contribution in [2.75, 3.05) is 0 Å². The lowest BCUT2D eigenvalue weighted by atomic mass is 9.86. The fourth-order valence-corrected chi connectivity index (χ4v) is 3.19. The summed E-state index contributed by atoms with van der Waals surface area (Å²) in [4.78, 5) is 0. The summed E-state index contributed by atoms with van der Waals surface area (Å²) in [5.41, 5.74) is 5.12. The zero-order chi connectivity index (χ0) is 14.3. The van der Waals surface area contributed by atoms with Gasteiger partial charge in [-0.2, -0.15) is 0 Å². The summed E-state index contributed by atoms with van der Waals surface area (Å²) < 4.78 is 0. The van der Waals surface area contributed by atoms with Crippen molar-refractivity contribution >= 4 is 0 Å². The van der Waals surface area contributed by atoms with Gasteiger partial charge in [-0.25, -0.2) is 0 Å². The Balaban J connectivity index is 2.04. The van der Waals surface area contributed by atoms with Crippen LogP contribution in [0.5, 0.6) is 0 Å². The summed E-state index contributed by atoms with van der Waals surface area (Å²) in [6.45, 7) is 6.47. The Labute approximate surface area is 121 Å². The molecule has 1 unspecified atom stereocenters. The minimum Gasteiger partial charge on any atom is -0.380 e. The zero-order valence-electron chi connectivity index (χ0n) is 12.5. The molecule has 0 heterocycles. The lowest BCUT2D eigenvalue weighted by Gasteiger charge is -2.25. The molecule has 1 heteroatoms. The van der Waals surface area contributed by atoms with Crippen LogP contribution in [0.2, 0.25) is 0 Å².